The van der Waals surface area contributed by atoms with Crippen LogP contribution in [-0.2, 0) is 11.2 Å². The maximum absolute atomic E-state index is 11.8. The minimum atomic E-state index is 0.281. The van der Waals surface area contributed by atoms with Gasteiger partial charge in [-0.25, -0.2) is 0 Å². The molecule has 0 aromatic carbocycles. The maximum Gasteiger partial charge on any atom is 0.222 e. The minimum Gasteiger partial charge on any atom is -0.345 e. The fourth-order valence-electron chi connectivity index (χ4n) is 1.75. The molecule has 3 nitrogen and oxygen atoms in total. The lowest BCUT2D eigenvalue weighted by Gasteiger charge is -2.28. The Bertz CT molecular complexity index is 333. The van der Waals surface area contributed by atoms with Crippen LogP contribution in [0.3, 0.4) is 0 Å². The van der Waals surface area contributed by atoms with Crippen molar-refractivity contribution in [2.24, 2.45) is 5.92 Å². The lowest BCUT2D eigenvalue weighted by atomic mass is 9.99. The first-order valence-corrected chi connectivity index (χ1v) is 6.60. The van der Waals surface area contributed by atoms with Gasteiger partial charge in [-0.3, -0.25) is 4.79 Å². The van der Waals surface area contributed by atoms with Crippen molar-refractivity contribution in [1.29, 1.82) is 0 Å². The van der Waals surface area contributed by atoms with E-state index in [1.165, 1.54) is 4.88 Å². The average molecular weight is 238 g/mol. The molecule has 1 aliphatic rings. The van der Waals surface area contributed by atoms with Gasteiger partial charge in [-0.05, 0) is 36.9 Å². The van der Waals surface area contributed by atoms with Gasteiger partial charge in [0.2, 0.25) is 5.91 Å². The van der Waals surface area contributed by atoms with Crippen molar-refractivity contribution < 1.29 is 4.79 Å². The molecule has 0 atom stereocenters. The topological polar surface area (TPSA) is 32.3 Å². The molecule has 0 spiro atoms. The molecular weight excluding hydrogens is 220 g/mol. The van der Waals surface area contributed by atoms with Gasteiger partial charge in [0.15, 0.2) is 0 Å². The van der Waals surface area contributed by atoms with Crippen LogP contribution >= 0.6 is 11.3 Å². The molecule has 1 aliphatic heterocycles. The molecule has 1 amide bonds. The average Bonchev–Trinajstić information content (AvgIpc) is 2.72. The number of nitrogens with zero attached hydrogens (tertiary/aromatic N) is 1. The zero-order valence-corrected chi connectivity index (χ0v) is 10.4. The van der Waals surface area contributed by atoms with E-state index in [1.807, 2.05) is 11.9 Å². The third-order valence-corrected chi connectivity index (χ3v) is 3.96. The van der Waals surface area contributed by atoms with Gasteiger partial charge in [0, 0.05) is 24.9 Å². The van der Waals surface area contributed by atoms with E-state index in [4.69, 9.17) is 0 Å². The van der Waals surface area contributed by atoms with Crippen molar-refractivity contribution in [2.45, 2.75) is 12.8 Å². The molecule has 4 heteroatoms. The molecule has 0 aliphatic carbocycles. The SMILES string of the molecule is CN(CCc1cccs1)C(=O)CC1CNC1. The number of nitrogens with one attached hydrogen (secondary N) is 1. The Morgan fingerprint density at radius 2 is 2.44 bits per heavy atom. The number of hydrogen-bond acceptors (Lipinski definition) is 3. The van der Waals surface area contributed by atoms with E-state index in [-0.39, 0.29) is 5.91 Å². The molecule has 1 aromatic heterocycles. The summed E-state index contributed by atoms with van der Waals surface area (Å²) in [6.07, 6.45) is 1.68. The lowest BCUT2D eigenvalue weighted by Crippen LogP contribution is -2.45. The van der Waals surface area contributed by atoms with E-state index in [0.717, 1.165) is 26.1 Å². The fourth-order valence-corrected chi connectivity index (χ4v) is 2.45. The highest BCUT2D eigenvalue weighted by Gasteiger charge is 2.21. The van der Waals surface area contributed by atoms with Crippen LogP contribution in [0.4, 0.5) is 0 Å². The Balaban J connectivity index is 1.69. The lowest BCUT2D eigenvalue weighted by molar-refractivity contribution is -0.131. The molecule has 0 unspecified atom stereocenters. The molecule has 2 heterocycles. The normalized spacial score (nSPS) is 15.8. The zero-order chi connectivity index (χ0) is 11.4. The van der Waals surface area contributed by atoms with Crippen LogP contribution in [0.1, 0.15) is 11.3 Å². The van der Waals surface area contributed by atoms with Crippen LogP contribution in [0.2, 0.25) is 0 Å². The predicted molar refractivity (Wildman–Crippen MR) is 66.6 cm³/mol. The van der Waals surface area contributed by atoms with Crippen LogP contribution in [0.15, 0.2) is 17.5 Å². The summed E-state index contributed by atoms with van der Waals surface area (Å²) in [5, 5.41) is 5.27. The van der Waals surface area contributed by atoms with E-state index >= 15 is 0 Å². The van der Waals surface area contributed by atoms with Crippen LogP contribution in [-0.4, -0.2) is 37.5 Å². The first-order chi connectivity index (χ1) is 7.75. The number of rotatable bonds is 5. The smallest absolute Gasteiger partial charge is 0.222 e. The largest absolute Gasteiger partial charge is 0.345 e. The Kier molecular flexibility index (Phi) is 3.96. The Morgan fingerprint density at radius 3 is 3.00 bits per heavy atom. The van der Waals surface area contributed by atoms with Crippen molar-refractivity contribution in [3.8, 4) is 0 Å². The molecule has 1 saturated heterocycles. The number of amides is 1. The summed E-state index contributed by atoms with van der Waals surface area (Å²) in [5.41, 5.74) is 0. The van der Waals surface area contributed by atoms with E-state index < -0.39 is 0 Å². The van der Waals surface area contributed by atoms with E-state index in [2.05, 4.69) is 22.8 Å². The second-order valence-corrected chi connectivity index (χ2v) is 5.41. The summed E-state index contributed by atoms with van der Waals surface area (Å²) in [6, 6.07) is 4.18. The fraction of sp³-hybridized carbons (Fsp3) is 0.583. The summed E-state index contributed by atoms with van der Waals surface area (Å²) >= 11 is 1.76. The third kappa shape index (κ3) is 3.06. The number of likely N-dealkylation sites (N-methyl/N-ethyl adjacent to an activating group) is 1. The molecule has 1 N–H and O–H groups in total. The summed E-state index contributed by atoms with van der Waals surface area (Å²) in [7, 11) is 1.90. The van der Waals surface area contributed by atoms with Gasteiger partial charge < -0.3 is 10.2 Å². The van der Waals surface area contributed by atoms with Crippen molar-refractivity contribution in [2.75, 3.05) is 26.7 Å². The summed E-state index contributed by atoms with van der Waals surface area (Å²) < 4.78 is 0. The zero-order valence-electron chi connectivity index (χ0n) is 9.61. The van der Waals surface area contributed by atoms with Gasteiger partial charge in [-0.2, -0.15) is 0 Å². The Labute approximate surface area is 100 Å². The van der Waals surface area contributed by atoms with E-state index in [9.17, 15) is 4.79 Å². The predicted octanol–water partition coefficient (Wildman–Crippen LogP) is 1.36. The van der Waals surface area contributed by atoms with Crippen molar-refractivity contribution in [1.82, 2.24) is 10.2 Å². The van der Waals surface area contributed by atoms with E-state index in [1.54, 1.807) is 11.3 Å². The van der Waals surface area contributed by atoms with Gasteiger partial charge >= 0.3 is 0 Å². The third-order valence-electron chi connectivity index (χ3n) is 3.03. The van der Waals surface area contributed by atoms with Crippen molar-refractivity contribution in [3.63, 3.8) is 0 Å². The van der Waals surface area contributed by atoms with E-state index in [0.29, 0.717) is 12.3 Å². The Morgan fingerprint density at radius 1 is 1.62 bits per heavy atom. The summed E-state index contributed by atoms with van der Waals surface area (Å²) in [4.78, 5) is 15.0. The van der Waals surface area contributed by atoms with Gasteiger partial charge in [-0.15, -0.1) is 11.3 Å². The minimum absolute atomic E-state index is 0.281. The summed E-state index contributed by atoms with van der Waals surface area (Å²) in [5.74, 6) is 0.847. The number of carbonyl (C=O) groups is 1. The van der Waals surface area contributed by atoms with Crippen LogP contribution < -0.4 is 5.32 Å². The highest BCUT2D eigenvalue weighted by Crippen LogP contribution is 2.12. The van der Waals surface area contributed by atoms with Gasteiger partial charge in [0.05, 0.1) is 0 Å². The molecule has 1 fully saturated rings. The van der Waals surface area contributed by atoms with Crippen LogP contribution in [0.5, 0.6) is 0 Å². The first-order valence-electron chi connectivity index (χ1n) is 5.73. The standard InChI is InChI=1S/C12H18N2OS/c1-14(5-4-11-3-2-6-16-11)12(15)7-10-8-13-9-10/h2-3,6,10,13H,4-5,7-9H2,1H3. The Hall–Kier alpha value is -0.870. The highest BCUT2D eigenvalue weighted by atomic mass is 32.1. The van der Waals surface area contributed by atoms with Gasteiger partial charge in [0.1, 0.15) is 0 Å². The maximum atomic E-state index is 11.8. The number of hydrogen-bond donors (Lipinski definition) is 1. The second kappa shape index (κ2) is 5.46. The monoisotopic (exact) mass is 238 g/mol. The quantitative estimate of drug-likeness (QED) is 0.840. The van der Waals surface area contributed by atoms with Crippen molar-refractivity contribution in [3.05, 3.63) is 22.4 Å². The van der Waals surface area contributed by atoms with Gasteiger partial charge in [-0.1, -0.05) is 6.07 Å². The van der Waals surface area contributed by atoms with Crippen LogP contribution in [0.25, 0.3) is 0 Å². The number of thiophene rings is 1. The molecule has 0 saturated carbocycles. The van der Waals surface area contributed by atoms with Crippen molar-refractivity contribution >= 4 is 17.2 Å². The molecule has 1 aromatic rings. The summed E-state index contributed by atoms with van der Waals surface area (Å²) in [6.45, 7) is 2.84. The molecule has 88 valence electrons. The second-order valence-electron chi connectivity index (χ2n) is 4.37. The first kappa shape index (κ1) is 11.6. The molecule has 0 radical (unpaired) electrons. The van der Waals surface area contributed by atoms with Crippen LogP contribution in [0, 0.1) is 5.92 Å². The van der Waals surface area contributed by atoms with Gasteiger partial charge in [0.25, 0.3) is 0 Å². The molecule has 16 heavy (non-hydrogen) atoms. The number of carbonyl (C=O) groups excluding carboxylic acids is 1. The molecular formula is C12H18N2OS. The highest BCUT2D eigenvalue weighted by molar-refractivity contribution is 7.09. The molecule has 0 bridgehead atoms. The molecule has 2 rings (SSSR count).